The molecule has 0 fully saturated rings. The number of thiocarbonyl (C=S) groups is 1. The van der Waals surface area contributed by atoms with Crippen LogP contribution < -0.4 is 15.4 Å². The van der Waals surface area contributed by atoms with E-state index in [4.69, 9.17) is 12.2 Å². The van der Waals surface area contributed by atoms with Crippen molar-refractivity contribution in [2.75, 3.05) is 16.6 Å². The molecule has 3 N–H and O–H groups in total. The third kappa shape index (κ3) is 4.30. The van der Waals surface area contributed by atoms with Gasteiger partial charge in [-0.15, -0.1) is 17.9 Å². The van der Waals surface area contributed by atoms with E-state index in [2.05, 4.69) is 21.9 Å². The predicted molar refractivity (Wildman–Crippen MR) is 96.0 cm³/mol. The van der Waals surface area contributed by atoms with Gasteiger partial charge in [0.25, 0.3) is 10.0 Å². The average molecular weight is 353 g/mol. The van der Waals surface area contributed by atoms with Crippen molar-refractivity contribution >= 4 is 50.1 Å². The van der Waals surface area contributed by atoms with Crippen molar-refractivity contribution in [3.63, 3.8) is 0 Å². The maximum Gasteiger partial charge on any atom is 0.271 e. The lowest BCUT2D eigenvalue weighted by atomic mass is 10.3. The first-order valence-corrected chi connectivity index (χ1v) is 9.11. The minimum absolute atomic E-state index is 0.259. The lowest BCUT2D eigenvalue weighted by Crippen LogP contribution is -2.28. The normalized spacial score (nSPS) is 10.7. The number of hydrogen-bond acceptors (Lipinski definition) is 4. The molecule has 116 valence electrons. The van der Waals surface area contributed by atoms with E-state index in [1.165, 1.54) is 0 Å². The largest absolute Gasteiger partial charge is 0.359 e. The van der Waals surface area contributed by atoms with Crippen LogP contribution >= 0.6 is 23.6 Å². The summed E-state index contributed by atoms with van der Waals surface area (Å²) in [5, 5.41) is 7.99. The number of nitrogens with one attached hydrogen (secondary N) is 3. The van der Waals surface area contributed by atoms with Gasteiger partial charge in [0.1, 0.15) is 4.21 Å². The highest BCUT2D eigenvalue weighted by atomic mass is 32.2. The third-order valence-electron chi connectivity index (χ3n) is 2.59. The molecule has 0 amide bonds. The molecule has 1 heterocycles. The molecule has 0 aliphatic rings. The van der Waals surface area contributed by atoms with E-state index in [1.807, 2.05) is 0 Å². The Morgan fingerprint density at radius 3 is 2.59 bits per heavy atom. The summed E-state index contributed by atoms with van der Waals surface area (Å²) in [6.45, 7) is 4.12. The van der Waals surface area contributed by atoms with Crippen molar-refractivity contribution in [2.45, 2.75) is 4.21 Å². The summed E-state index contributed by atoms with van der Waals surface area (Å²) < 4.78 is 27.4. The van der Waals surface area contributed by atoms with Crippen molar-refractivity contribution in [1.82, 2.24) is 5.32 Å². The van der Waals surface area contributed by atoms with Crippen molar-refractivity contribution in [1.29, 1.82) is 0 Å². The number of benzene rings is 1. The van der Waals surface area contributed by atoms with E-state index < -0.39 is 10.0 Å². The van der Waals surface area contributed by atoms with Gasteiger partial charge in [0.15, 0.2) is 5.11 Å². The maximum atomic E-state index is 12.3. The zero-order chi connectivity index (χ0) is 16.0. The van der Waals surface area contributed by atoms with E-state index in [1.54, 1.807) is 47.9 Å². The highest BCUT2D eigenvalue weighted by Gasteiger charge is 2.17. The molecule has 0 unspecified atom stereocenters. The molecule has 0 atom stereocenters. The van der Waals surface area contributed by atoms with Crippen molar-refractivity contribution in [3.05, 3.63) is 54.4 Å². The molecular weight excluding hydrogens is 338 g/mol. The van der Waals surface area contributed by atoms with Crippen molar-refractivity contribution < 1.29 is 8.42 Å². The Morgan fingerprint density at radius 2 is 1.95 bits per heavy atom. The molecule has 0 aliphatic carbocycles. The zero-order valence-corrected chi connectivity index (χ0v) is 14.0. The Morgan fingerprint density at radius 1 is 1.23 bits per heavy atom. The number of anilines is 2. The van der Waals surface area contributed by atoms with E-state index >= 15 is 0 Å². The van der Waals surface area contributed by atoms with Gasteiger partial charge < -0.3 is 10.6 Å². The summed E-state index contributed by atoms with van der Waals surface area (Å²) in [5.41, 5.74) is 1.00. The molecule has 2 aromatic rings. The number of thiophene rings is 1. The number of hydrogen-bond donors (Lipinski definition) is 3. The number of rotatable bonds is 6. The van der Waals surface area contributed by atoms with Crippen LogP contribution in [0.25, 0.3) is 0 Å². The summed E-state index contributed by atoms with van der Waals surface area (Å²) in [5.74, 6) is 0. The quantitative estimate of drug-likeness (QED) is 0.550. The van der Waals surface area contributed by atoms with Gasteiger partial charge in [0.05, 0.1) is 11.4 Å². The molecule has 0 radical (unpaired) electrons. The molecular formula is C14H15N3O2S3. The summed E-state index contributed by atoms with van der Waals surface area (Å²) in [7, 11) is -3.60. The second-order valence-electron chi connectivity index (χ2n) is 4.21. The molecule has 0 aliphatic heterocycles. The van der Waals surface area contributed by atoms with E-state index in [0.29, 0.717) is 23.0 Å². The van der Waals surface area contributed by atoms with Crippen LogP contribution in [0.3, 0.4) is 0 Å². The van der Waals surface area contributed by atoms with Gasteiger partial charge in [-0.2, -0.15) is 0 Å². The number of sulfonamides is 1. The highest BCUT2D eigenvalue weighted by molar-refractivity contribution is 7.94. The monoisotopic (exact) mass is 353 g/mol. The topological polar surface area (TPSA) is 70.2 Å². The molecule has 1 aromatic carbocycles. The summed E-state index contributed by atoms with van der Waals surface area (Å²) in [6.07, 6.45) is 1.68. The van der Waals surface area contributed by atoms with Crippen LogP contribution in [-0.4, -0.2) is 20.1 Å². The van der Waals surface area contributed by atoms with Crippen molar-refractivity contribution in [3.8, 4) is 0 Å². The molecule has 8 heteroatoms. The molecule has 2 rings (SSSR count). The van der Waals surface area contributed by atoms with Gasteiger partial charge in [0, 0.05) is 6.54 Å². The standard InChI is InChI=1S/C14H15N3O2S3/c1-2-9-15-14(20)16-11-6-3-4-7-12(11)17-22(18,19)13-8-5-10-21-13/h2-8,10,17H,1,9H2,(H2,15,16,20). The first kappa shape index (κ1) is 16.5. The van der Waals surface area contributed by atoms with Gasteiger partial charge in [0.2, 0.25) is 0 Å². The summed E-state index contributed by atoms with van der Waals surface area (Å²) >= 11 is 6.30. The Kier molecular flexibility index (Phi) is 5.53. The molecule has 5 nitrogen and oxygen atoms in total. The van der Waals surface area contributed by atoms with Crippen LogP contribution in [0, 0.1) is 0 Å². The smallest absolute Gasteiger partial charge is 0.271 e. The van der Waals surface area contributed by atoms with Gasteiger partial charge in [-0.1, -0.05) is 24.3 Å². The Balaban J connectivity index is 2.18. The minimum Gasteiger partial charge on any atom is -0.359 e. The highest BCUT2D eigenvalue weighted by Crippen LogP contribution is 2.25. The second-order valence-corrected chi connectivity index (χ2v) is 7.47. The maximum absolute atomic E-state index is 12.3. The van der Waals surface area contributed by atoms with Gasteiger partial charge >= 0.3 is 0 Å². The Labute approximate surface area is 139 Å². The third-order valence-corrected chi connectivity index (χ3v) is 5.60. The van der Waals surface area contributed by atoms with E-state index in [9.17, 15) is 8.42 Å². The van der Waals surface area contributed by atoms with Crippen LogP contribution in [0.15, 0.2) is 58.6 Å². The van der Waals surface area contributed by atoms with Crippen molar-refractivity contribution in [2.24, 2.45) is 0 Å². The fraction of sp³-hybridized carbons (Fsp3) is 0.0714. The molecule has 0 saturated heterocycles. The fourth-order valence-electron chi connectivity index (χ4n) is 1.62. The zero-order valence-electron chi connectivity index (χ0n) is 11.6. The van der Waals surface area contributed by atoms with Crippen LogP contribution in [0.5, 0.6) is 0 Å². The first-order valence-electron chi connectivity index (χ1n) is 6.34. The number of para-hydroxylation sites is 2. The van der Waals surface area contributed by atoms with Crippen LogP contribution in [0.1, 0.15) is 0 Å². The Bertz CT molecular complexity index is 755. The lowest BCUT2D eigenvalue weighted by Gasteiger charge is -2.14. The lowest BCUT2D eigenvalue weighted by molar-refractivity contribution is 0.603. The minimum atomic E-state index is -3.60. The molecule has 0 bridgehead atoms. The summed E-state index contributed by atoms with van der Waals surface area (Å²) in [6, 6.07) is 10.2. The van der Waals surface area contributed by atoms with Crippen LogP contribution in [0.4, 0.5) is 11.4 Å². The van der Waals surface area contributed by atoms with Gasteiger partial charge in [-0.3, -0.25) is 4.72 Å². The second kappa shape index (κ2) is 7.39. The average Bonchev–Trinajstić information content (AvgIpc) is 3.02. The van der Waals surface area contributed by atoms with Gasteiger partial charge in [-0.05, 0) is 35.8 Å². The summed E-state index contributed by atoms with van der Waals surface area (Å²) in [4.78, 5) is 0. The van der Waals surface area contributed by atoms with E-state index in [-0.39, 0.29) is 4.21 Å². The fourth-order valence-corrected chi connectivity index (χ4v) is 3.89. The molecule has 0 saturated carbocycles. The Hall–Kier alpha value is -1.90. The molecule has 22 heavy (non-hydrogen) atoms. The van der Waals surface area contributed by atoms with E-state index in [0.717, 1.165) is 11.3 Å². The van der Waals surface area contributed by atoms with Crippen LogP contribution in [-0.2, 0) is 10.0 Å². The SMILES string of the molecule is C=CCNC(=S)Nc1ccccc1NS(=O)(=O)c1cccs1. The molecule has 0 spiro atoms. The van der Waals surface area contributed by atoms with Crippen LogP contribution in [0.2, 0.25) is 0 Å². The predicted octanol–water partition coefficient (Wildman–Crippen LogP) is 3.02. The van der Waals surface area contributed by atoms with Gasteiger partial charge in [-0.25, -0.2) is 8.42 Å². The molecule has 1 aromatic heterocycles. The first-order chi connectivity index (χ1) is 10.5.